The van der Waals surface area contributed by atoms with Crippen molar-refractivity contribution in [2.45, 2.75) is 24.9 Å². The van der Waals surface area contributed by atoms with Crippen molar-refractivity contribution in [3.63, 3.8) is 0 Å². The number of halogens is 3. The van der Waals surface area contributed by atoms with Crippen LogP contribution >= 0.6 is 0 Å². The second-order valence-corrected chi connectivity index (χ2v) is 7.22. The minimum atomic E-state index is -4.72. The lowest BCUT2D eigenvalue weighted by Gasteiger charge is -2.33. The van der Waals surface area contributed by atoms with Gasteiger partial charge in [0.15, 0.2) is 0 Å². The van der Waals surface area contributed by atoms with Crippen LogP contribution < -0.4 is 4.74 Å². The number of ether oxygens (including phenoxy) is 1. The largest absolute Gasteiger partial charge is 0.497 e. The second-order valence-electron chi connectivity index (χ2n) is 7.22. The van der Waals surface area contributed by atoms with Crippen molar-refractivity contribution in [2.24, 2.45) is 0 Å². The van der Waals surface area contributed by atoms with Crippen molar-refractivity contribution in [2.75, 3.05) is 20.2 Å². The average molecular weight is 432 g/mol. The van der Waals surface area contributed by atoms with Gasteiger partial charge >= 0.3 is 12.1 Å². The number of nitrogens with zero attached hydrogens (tertiary/aromatic N) is 4. The molecule has 1 amide bonds. The number of carbonyl (C=O) groups excluding carboxylic acids is 1. The lowest BCUT2D eigenvalue weighted by atomic mass is 9.90. The Labute approximate surface area is 175 Å². The van der Waals surface area contributed by atoms with Crippen LogP contribution in [0.2, 0.25) is 0 Å². The van der Waals surface area contributed by atoms with E-state index in [4.69, 9.17) is 4.74 Å². The first-order valence-electron chi connectivity index (χ1n) is 9.65. The van der Waals surface area contributed by atoms with Crippen LogP contribution in [0.25, 0.3) is 11.5 Å². The number of alkyl halides is 3. The number of pyridine rings is 1. The Morgan fingerprint density at radius 1 is 1.26 bits per heavy atom. The maximum absolute atomic E-state index is 12.9. The Hall–Kier alpha value is -3.43. The number of methoxy groups -OCH3 is 1. The van der Waals surface area contributed by atoms with Gasteiger partial charge in [0.25, 0.3) is 5.91 Å². The smallest absolute Gasteiger partial charge is 0.471 e. The van der Waals surface area contributed by atoms with Gasteiger partial charge in [-0.2, -0.15) is 18.2 Å². The SMILES string of the molecule is COc1cccc(C(=O)N2CCCC(c3ccnc(-c4noc(C(F)(F)F)n4)c3)C2)c1. The van der Waals surface area contributed by atoms with Gasteiger partial charge < -0.3 is 14.2 Å². The minimum absolute atomic E-state index is 0.0130. The van der Waals surface area contributed by atoms with Crippen molar-refractivity contribution >= 4 is 5.91 Å². The quantitative estimate of drug-likeness (QED) is 0.615. The van der Waals surface area contributed by atoms with E-state index in [0.29, 0.717) is 24.4 Å². The molecule has 162 valence electrons. The lowest BCUT2D eigenvalue weighted by Crippen LogP contribution is -2.39. The topological polar surface area (TPSA) is 81.4 Å². The highest BCUT2D eigenvalue weighted by Crippen LogP contribution is 2.31. The molecule has 1 saturated heterocycles. The van der Waals surface area contributed by atoms with Gasteiger partial charge in [0.05, 0.1) is 7.11 Å². The maximum Gasteiger partial charge on any atom is 0.471 e. The van der Waals surface area contributed by atoms with E-state index >= 15 is 0 Å². The summed E-state index contributed by atoms with van der Waals surface area (Å²) in [6.45, 7) is 1.11. The van der Waals surface area contributed by atoms with Crippen molar-refractivity contribution in [3.8, 4) is 17.3 Å². The number of benzene rings is 1. The van der Waals surface area contributed by atoms with E-state index < -0.39 is 12.1 Å². The van der Waals surface area contributed by atoms with Gasteiger partial charge in [0.2, 0.25) is 5.82 Å². The summed E-state index contributed by atoms with van der Waals surface area (Å²) in [5.74, 6) is -1.11. The molecule has 1 aliphatic heterocycles. The molecular weight excluding hydrogens is 413 g/mol. The number of carbonyl (C=O) groups is 1. The van der Waals surface area contributed by atoms with E-state index in [2.05, 4.69) is 19.6 Å². The van der Waals surface area contributed by atoms with Crippen LogP contribution in [0.3, 0.4) is 0 Å². The molecule has 1 atom stereocenters. The predicted molar refractivity (Wildman–Crippen MR) is 103 cm³/mol. The number of amides is 1. The fourth-order valence-corrected chi connectivity index (χ4v) is 3.64. The standard InChI is InChI=1S/C21H19F3N4O3/c1-30-16-6-2-4-14(10-16)19(29)28-9-3-5-15(12-28)13-7-8-25-17(11-13)18-26-20(31-27-18)21(22,23)24/h2,4,6-8,10-11,15H,3,5,9,12H2,1H3. The molecule has 3 aromatic rings. The monoisotopic (exact) mass is 432 g/mol. The zero-order chi connectivity index (χ0) is 22.0. The number of hydrogen-bond acceptors (Lipinski definition) is 6. The molecule has 1 unspecified atom stereocenters. The molecule has 4 rings (SSSR count). The first-order chi connectivity index (χ1) is 14.8. The predicted octanol–water partition coefficient (Wildman–Crippen LogP) is 4.18. The van der Waals surface area contributed by atoms with Crippen LogP contribution in [0, 0.1) is 0 Å². The van der Waals surface area contributed by atoms with E-state index in [9.17, 15) is 18.0 Å². The summed E-state index contributed by atoms with van der Waals surface area (Å²) >= 11 is 0. The molecule has 0 bridgehead atoms. The van der Waals surface area contributed by atoms with Gasteiger partial charge in [-0.1, -0.05) is 11.2 Å². The number of aromatic nitrogens is 3. The molecule has 31 heavy (non-hydrogen) atoms. The van der Waals surface area contributed by atoms with Crippen LogP contribution in [0.5, 0.6) is 5.75 Å². The molecule has 0 N–H and O–H groups in total. The fourth-order valence-electron chi connectivity index (χ4n) is 3.64. The lowest BCUT2D eigenvalue weighted by molar-refractivity contribution is -0.159. The van der Waals surface area contributed by atoms with Crippen molar-refractivity contribution in [1.29, 1.82) is 0 Å². The molecule has 0 spiro atoms. The summed E-state index contributed by atoms with van der Waals surface area (Å²) in [5, 5.41) is 3.39. The Kier molecular flexibility index (Phi) is 5.62. The highest BCUT2D eigenvalue weighted by Gasteiger charge is 2.38. The van der Waals surface area contributed by atoms with Gasteiger partial charge in [-0.15, -0.1) is 0 Å². The Morgan fingerprint density at radius 2 is 2.10 bits per heavy atom. The van der Waals surface area contributed by atoms with Crippen LogP contribution in [0.4, 0.5) is 13.2 Å². The van der Waals surface area contributed by atoms with Crippen LogP contribution in [0.15, 0.2) is 47.1 Å². The maximum atomic E-state index is 12.9. The van der Waals surface area contributed by atoms with E-state index in [1.807, 2.05) is 0 Å². The molecule has 0 radical (unpaired) electrons. The van der Waals surface area contributed by atoms with Gasteiger partial charge in [-0.25, -0.2) is 0 Å². The highest BCUT2D eigenvalue weighted by molar-refractivity contribution is 5.94. The van der Waals surface area contributed by atoms with E-state index in [-0.39, 0.29) is 23.3 Å². The summed E-state index contributed by atoms with van der Waals surface area (Å²) in [7, 11) is 1.54. The first-order valence-corrected chi connectivity index (χ1v) is 9.65. The summed E-state index contributed by atoms with van der Waals surface area (Å²) in [5.41, 5.74) is 1.58. The number of piperidine rings is 1. The molecule has 1 fully saturated rings. The number of likely N-dealkylation sites (tertiary alicyclic amines) is 1. The molecule has 0 aliphatic carbocycles. The summed E-state index contributed by atoms with van der Waals surface area (Å²) < 4.78 is 47.7. The van der Waals surface area contributed by atoms with Crippen LogP contribution in [-0.4, -0.2) is 46.1 Å². The van der Waals surface area contributed by atoms with Gasteiger partial charge in [-0.3, -0.25) is 9.78 Å². The third-order valence-corrected chi connectivity index (χ3v) is 5.18. The highest BCUT2D eigenvalue weighted by atomic mass is 19.4. The number of rotatable bonds is 4. The van der Waals surface area contributed by atoms with Crippen molar-refractivity contribution < 1.29 is 27.2 Å². The summed E-state index contributed by atoms with van der Waals surface area (Å²) in [6, 6.07) is 10.4. The van der Waals surface area contributed by atoms with Crippen molar-refractivity contribution in [1.82, 2.24) is 20.0 Å². The molecule has 1 aliphatic rings. The second kappa shape index (κ2) is 8.37. The molecule has 7 nitrogen and oxygen atoms in total. The third kappa shape index (κ3) is 4.52. The zero-order valence-corrected chi connectivity index (χ0v) is 16.6. The summed E-state index contributed by atoms with van der Waals surface area (Å²) in [4.78, 5) is 22.2. The zero-order valence-electron chi connectivity index (χ0n) is 16.6. The van der Waals surface area contributed by atoms with E-state index in [1.165, 1.54) is 6.20 Å². The first kappa shape index (κ1) is 20.8. The van der Waals surface area contributed by atoms with Crippen molar-refractivity contribution in [3.05, 3.63) is 59.6 Å². The molecule has 2 aromatic heterocycles. The Balaban J connectivity index is 1.53. The fraction of sp³-hybridized carbons (Fsp3) is 0.333. The average Bonchev–Trinajstić information content (AvgIpc) is 3.30. The minimum Gasteiger partial charge on any atom is -0.497 e. The Morgan fingerprint density at radius 3 is 2.84 bits per heavy atom. The molecular formula is C21H19F3N4O3. The van der Waals surface area contributed by atoms with Gasteiger partial charge in [-0.05, 0) is 48.7 Å². The van der Waals surface area contributed by atoms with Gasteiger partial charge in [0.1, 0.15) is 11.4 Å². The number of hydrogen-bond donors (Lipinski definition) is 0. The Bertz CT molecular complexity index is 1080. The van der Waals surface area contributed by atoms with E-state index in [0.717, 1.165) is 18.4 Å². The molecule has 1 aromatic carbocycles. The normalized spacial score (nSPS) is 16.9. The van der Waals surface area contributed by atoms with Gasteiger partial charge in [0, 0.05) is 30.8 Å². The molecule has 3 heterocycles. The molecule has 0 saturated carbocycles. The molecule has 10 heteroatoms. The van der Waals surface area contributed by atoms with E-state index in [1.54, 1.807) is 48.4 Å². The van der Waals surface area contributed by atoms with Crippen LogP contribution in [-0.2, 0) is 6.18 Å². The van der Waals surface area contributed by atoms with Crippen LogP contribution in [0.1, 0.15) is 40.6 Å². The summed E-state index contributed by atoms with van der Waals surface area (Å²) in [6.07, 6.45) is -1.58. The third-order valence-electron chi connectivity index (χ3n) is 5.18.